The fraction of sp³-hybridized carbons (Fsp3) is 0.176. The second kappa shape index (κ2) is 7.11. The normalized spacial score (nSPS) is 9.71. The maximum absolute atomic E-state index is 11.4. The second-order valence-electron chi connectivity index (χ2n) is 4.39. The minimum Gasteiger partial charge on any atom is -0.490 e. The van der Waals surface area contributed by atoms with E-state index >= 15 is 0 Å². The number of benzene rings is 2. The Labute approximate surface area is 123 Å². The van der Waals surface area contributed by atoms with Crippen LogP contribution in [-0.2, 0) is 0 Å². The molecule has 0 fully saturated rings. The highest BCUT2D eigenvalue weighted by atomic mass is 16.5. The zero-order valence-electron chi connectivity index (χ0n) is 11.7. The van der Waals surface area contributed by atoms with Crippen LogP contribution in [-0.4, -0.2) is 19.0 Å². The topological polar surface area (TPSA) is 59.3 Å². The van der Waals surface area contributed by atoms with Crippen molar-refractivity contribution in [3.8, 4) is 17.6 Å². The summed E-state index contributed by atoms with van der Waals surface area (Å²) >= 11 is 0. The van der Waals surface area contributed by atoms with Gasteiger partial charge in [-0.2, -0.15) is 5.26 Å². The van der Waals surface area contributed by atoms with Crippen LogP contribution in [0, 0.1) is 11.3 Å². The van der Waals surface area contributed by atoms with Crippen LogP contribution in [0.15, 0.2) is 48.5 Å². The molecule has 4 nitrogen and oxygen atoms in total. The lowest BCUT2D eigenvalue weighted by Gasteiger charge is -2.10. The van der Waals surface area contributed by atoms with Gasteiger partial charge in [0, 0.05) is 0 Å². The van der Waals surface area contributed by atoms with Crippen molar-refractivity contribution in [1.29, 1.82) is 5.26 Å². The molecular formula is C17H15NO3. The monoisotopic (exact) mass is 281 g/mol. The maximum Gasteiger partial charge on any atom is 0.163 e. The van der Waals surface area contributed by atoms with Gasteiger partial charge in [0.1, 0.15) is 24.7 Å². The lowest BCUT2D eigenvalue weighted by molar-refractivity contribution is 0.101. The molecule has 0 aliphatic heterocycles. The minimum atomic E-state index is -0.0340. The summed E-state index contributed by atoms with van der Waals surface area (Å²) < 4.78 is 11.1. The number of rotatable bonds is 6. The number of nitriles is 1. The maximum atomic E-state index is 11.4. The average Bonchev–Trinajstić information content (AvgIpc) is 2.52. The average molecular weight is 281 g/mol. The van der Waals surface area contributed by atoms with Gasteiger partial charge >= 0.3 is 0 Å². The van der Waals surface area contributed by atoms with Crippen LogP contribution in [0.2, 0.25) is 0 Å². The molecule has 0 radical (unpaired) electrons. The molecule has 0 spiro atoms. The summed E-state index contributed by atoms with van der Waals surface area (Å²) in [6.45, 7) is 2.16. The molecular weight excluding hydrogens is 266 g/mol. The Balaban J connectivity index is 1.88. The molecule has 0 heterocycles. The molecule has 0 atom stereocenters. The number of carbonyl (C=O) groups is 1. The van der Waals surface area contributed by atoms with Crippen molar-refractivity contribution >= 4 is 5.78 Å². The third-order valence-corrected chi connectivity index (χ3v) is 2.84. The fourth-order valence-electron chi connectivity index (χ4n) is 1.85. The molecule has 0 amide bonds. The lowest BCUT2D eigenvalue weighted by Crippen LogP contribution is -2.10. The third-order valence-electron chi connectivity index (χ3n) is 2.84. The van der Waals surface area contributed by atoms with Gasteiger partial charge in [0.2, 0.25) is 0 Å². The van der Waals surface area contributed by atoms with Crippen molar-refractivity contribution in [3.05, 3.63) is 59.7 Å². The molecule has 4 heteroatoms. The van der Waals surface area contributed by atoms with Gasteiger partial charge in [-0.25, -0.2) is 0 Å². The molecule has 2 aromatic carbocycles. The van der Waals surface area contributed by atoms with Crippen LogP contribution in [0.1, 0.15) is 22.8 Å². The molecule has 0 saturated heterocycles. The first-order chi connectivity index (χ1) is 10.2. The van der Waals surface area contributed by atoms with Crippen molar-refractivity contribution in [2.24, 2.45) is 0 Å². The van der Waals surface area contributed by atoms with Gasteiger partial charge in [0.15, 0.2) is 5.78 Å². The zero-order chi connectivity index (χ0) is 15.1. The summed E-state index contributed by atoms with van der Waals surface area (Å²) in [5.41, 5.74) is 1.11. The number of ether oxygens (including phenoxy) is 2. The van der Waals surface area contributed by atoms with Gasteiger partial charge in [-0.05, 0) is 37.3 Å². The van der Waals surface area contributed by atoms with Crippen LogP contribution < -0.4 is 9.47 Å². The Bertz CT molecular complexity index is 674. The van der Waals surface area contributed by atoms with E-state index in [9.17, 15) is 4.79 Å². The summed E-state index contributed by atoms with van der Waals surface area (Å²) in [5.74, 6) is 1.14. The van der Waals surface area contributed by atoms with Gasteiger partial charge in [-0.1, -0.05) is 18.2 Å². The van der Waals surface area contributed by atoms with E-state index in [2.05, 4.69) is 6.07 Å². The summed E-state index contributed by atoms with van der Waals surface area (Å²) in [4.78, 5) is 11.4. The summed E-state index contributed by atoms with van der Waals surface area (Å²) in [5, 5.41) is 8.80. The van der Waals surface area contributed by atoms with Crippen LogP contribution in [0.25, 0.3) is 0 Å². The molecule has 2 rings (SSSR count). The summed E-state index contributed by atoms with van der Waals surface area (Å²) in [6.07, 6.45) is 0. The molecule has 0 bridgehead atoms. The van der Waals surface area contributed by atoms with Crippen molar-refractivity contribution in [1.82, 2.24) is 0 Å². The number of carbonyl (C=O) groups excluding carboxylic acids is 1. The highest BCUT2D eigenvalue weighted by Gasteiger charge is 2.07. The molecule has 0 aromatic heterocycles. The van der Waals surface area contributed by atoms with Crippen LogP contribution in [0.5, 0.6) is 11.5 Å². The second-order valence-corrected chi connectivity index (χ2v) is 4.39. The van der Waals surface area contributed by atoms with E-state index in [0.29, 0.717) is 35.8 Å². The van der Waals surface area contributed by atoms with E-state index in [4.69, 9.17) is 14.7 Å². The Hall–Kier alpha value is -2.80. The summed E-state index contributed by atoms with van der Waals surface area (Å²) in [6, 6.07) is 16.1. The standard InChI is InChI=1S/C17H15NO3/c1-13(19)16-7-2-3-8-17(16)21-10-9-20-15-6-4-5-14(11-15)12-18/h2-8,11H,9-10H2,1H3. The number of Topliss-reactive ketones (excluding diaryl/α,β-unsaturated/α-hetero) is 1. The van der Waals surface area contributed by atoms with Gasteiger partial charge in [-0.3, -0.25) is 4.79 Å². The van der Waals surface area contributed by atoms with Crippen molar-refractivity contribution in [2.75, 3.05) is 13.2 Å². The van der Waals surface area contributed by atoms with Crippen molar-refractivity contribution in [2.45, 2.75) is 6.92 Å². The smallest absolute Gasteiger partial charge is 0.163 e. The van der Waals surface area contributed by atoms with E-state index < -0.39 is 0 Å². The highest BCUT2D eigenvalue weighted by Crippen LogP contribution is 2.18. The zero-order valence-corrected chi connectivity index (χ0v) is 11.7. The SMILES string of the molecule is CC(=O)c1ccccc1OCCOc1cccc(C#N)c1. The van der Waals surface area contributed by atoms with Gasteiger partial charge in [0.05, 0.1) is 17.2 Å². The van der Waals surface area contributed by atoms with E-state index in [0.717, 1.165) is 0 Å². The molecule has 0 unspecified atom stereocenters. The predicted octanol–water partition coefficient (Wildman–Crippen LogP) is 3.22. The van der Waals surface area contributed by atoms with E-state index in [-0.39, 0.29) is 5.78 Å². The number of nitrogens with zero attached hydrogens (tertiary/aromatic N) is 1. The Kier molecular flexibility index (Phi) is 4.94. The van der Waals surface area contributed by atoms with E-state index in [1.807, 2.05) is 6.07 Å². The number of para-hydroxylation sites is 1. The van der Waals surface area contributed by atoms with Crippen LogP contribution >= 0.6 is 0 Å². The molecule has 0 aliphatic rings. The molecule has 21 heavy (non-hydrogen) atoms. The summed E-state index contributed by atoms with van der Waals surface area (Å²) in [7, 11) is 0. The Morgan fingerprint density at radius 1 is 1.10 bits per heavy atom. The van der Waals surface area contributed by atoms with Gasteiger partial charge in [-0.15, -0.1) is 0 Å². The number of ketones is 1. The van der Waals surface area contributed by atoms with Gasteiger partial charge in [0.25, 0.3) is 0 Å². The van der Waals surface area contributed by atoms with Crippen LogP contribution in [0.3, 0.4) is 0 Å². The molecule has 106 valence electrons. The molecule has 0 saturated carbocycles. The Morgan fingerprint density at radius 2 is 1.86 bits per heavy atom. The van der Waals surface area contributed by atoms with Gasteiger partial charge < -0.3 is 9.47 Å². The highest BCUT2D eigenvalue weighted by molar-refractivity contribution is 5.96. The van der Waals surface area contributed by atoms with E-state index in [1.54, 1.807) is 42.5 Å². The van der Waals surface area contributed by atoms with Crippen LogP contribution in [0.4, 0.5) is 0 Å². The fourth-order valence-corrected chi connectivity index (χ4v) is 1.85. The lowest BCUT2D eigenvalue weighted by atomic mass is 10.1. The quantitative estimate of drug-likeness (QED) is 0.602. The Morgan fingerprint density at radius 3 is 2.62 bits per heavy atom. The third kappa shape index (κ3) is 4.08. The predicted molar refractivity (Wildman–Crippen MR) is 78.6 cm³/mol. The molecule has 0 aliphatic carbocycles. The number of hydrogen-bond acceptors (Lipinski definition) is 4. The van der Waals surface area contributed by atoms with Crippen molar-refractivity contribution < 1.29 is 14.3 Å². The molecule has 0 N–H and O–H groups in total. The minimum absolute atomic E-state index is 0.0340. The van der Waals surface area contributed by atoms with E-state index in [1.165, 1.54) is 6.92 Å². The largest absolute Gasteiger partial charge is 0.490 e. The first-order valence-corrected chi connectivity index (χ1v) is 6.56. The van der Waals surface area contributed by atoms with Crippen molar-refractivity contribution in [3.63, 3.8) is 0 Å². The molecule has 2 aromatic rings. The first-order valence-electron chi connectivity index (χ1n) is 6.56. The first kappa shape index (κ1) is 14.6. The number of hydrogen-bond donors (Lipinski definition) is 0.